The van der Waals surface area contributed by atoms with Gasteiger partial charge in [0.05, 0.1) is 0 Å². The second-order valence-corrected chi connectivity index (χ2v) is 6.15. The van der Waals surface area contributed by atoms with Crippen molar-refractivity contribution in [2.24, 2.45) is 0 Å². The molecule has 2 rings (SSSR count). The fourth-order valence-electron chi connectivity index (χ4n) is 1.84. The number of nitrogens with one attached hydrogen (secondary N) is 2. The SMILES string of the molecule is S=C(NCCCSCc1ccccc1)Nc1ccccc1. The zero-order valence-corrected chi connectivity index (χ0v) is 13.6. The van der Waals surface area contributed by atoms with Gasteiger partial charge in [0.1, 0.15) is 0 Å². The third-order valence-electron chi connectivity index (χ3n) is 2.89. The molecule has 4 heteroatoms. The van der Waals surface area contributed by atoms with Crippen LogP contribution < -0.4 is 10.6 Å². The molecule has 110 valence electrons. The quantitative estimate of drug-likeness (QED) is 0.587. The Bertz CT molecular complexity index is 529. The molecule has 0 unspecified atom stereocenters. The van der Waals surface area contributed by atoms with E-state index in [-0.39, 0.29) is 0 Å². The summed E-state index contributed by atoms with van der Waals surface area (Å²) in [6, 6.07) is 20.6. The lowest BCUT2D eigenvalue weighted by Crippen LogP contribution is -2.29. The molecule has 2 N–H and O–H groups in total. The Morgan fingerprint density at radius 3 is 2.33 bits per heavy atom. The Hall–Kier alpha value is -1.52. The van der Waals surface area contributed by atoms with E-state index in [1.54, 1.807) is 0 Å². The number of benzene rings is 2. The molecule has 0 aromatic heterocycles. The van der Waals surface area contributed by atoms with Crippen LogP contribution in [-0.4, -0.2) is 17.4 Å². The van der Waals surface area contributed by atoms with Crippen LogP contribution in [0.1, 0.15) is 12.0 Å². The smallest absolute Gasteiger partial charge is 0.170 e. The molecule has 0 aliphatic carbocycles. The normalized spacial score (nSPS) is 10.1. The molecule has 2 nitrogen and oxygen atoms in total. The van der Waals surface area contributed by atoms with Gasteiger partial charge in [-0.3, -0.25) is 0 Å². The summed E-state index contributed by atoms with van der Waals surface area (Å²) >= 11 is 7.22. The molecule has 0 saturated carbocycles. The molecular formula is C17H20N2S2. The summed E-state index contributed by atoms with van der Waals surface area (Å²) in [6.45, 7) is 0.903. The summed E-state index contributed by atoms with van der Waals surface area (Å²) < 4.78 is 0. The summed E-state index contributed by atoms with van der Waals surface area (Å²) in [5.41, 5.74) is 2.41. The minimum absolute atomic E-state index is 0.689. The first-order valence-corrected chi connectivity index (χ1v) is 8.62. The predicted molar refractivity (Wildman–Crippen MR) is 97.9 cm³/mol. The van der Waals surface area contributed by atoms with Gasteiger partial charge in [0.25, 0.3) is 0 Å². The maximum Gasteiger partial charge on any atom is 0.170 e. The maximum absolute atomic E-state index is 5.26. The van der Waals surface area contributed by atoms with Gasteiger partial charge in [0.2, 0.25) is 0 Å². The molecule has 0 heterocycles. The van der Waals surface area contributed by atoms with Crippen molar-refractivity contribution in [1.29, 1.82) is 0 Å². The van der Waals surface area contributed by atoms with Gasteiger partial charge in [-0.2, -0.15) is 11.8 Å². The van der Waals surface area contributed by atoms with Gasteiger partial charge in [-0.1, -0.05) is 48.5 Å². The number of hydrogen-bond donors (Lipinski definition) is 2. The molecule has 0 radical (unpaired) electrons. The Morgan fingerprint density at radius 1 is 0.952 bits per heavy atom. The molecule has 2 aromatic rings. The minimum atomic E-state index is 0.689. The van der Waals surface area contributed by atoms with Gasteiger partial charge in [-0.15, -0.1) is 0 Å². The van der Waals surface area contributed by atoms with Crippen molar-refractivity contribution >= 4 is 34.8 Å². The number of anilines is 1. The van der Waals surface area contributed by atoms with Crippen LogP contribution in [0.15, 0.2) is 60.7 Å². The first-order chi connectivity index (χ1) is 10.3. The van der Waals surface area contributed by atoms with Crippen molar-refractivity contribution in [3.8, 4) is 0 Å². The number of rotatable bonds is 7. The van der Waals surface area contributed by atoms with Crippen molar-refractivity contribution in [3.63, 3.8) is 0 Å². The Kier molecular flexibility index (Phi) is 7.12. The summed E-state index contributed by atoms with van der Waals surface area (Å²) in [6.07, 6.45) is 1.11. The van der Waals surface area contributed by atoms with E-state index in [2.05, 4.69) is 41.0 Å². The van der Waals surface area contributed by atoms with Crippen LogP contribution in [0.4, 0.5) is 5.69 Å². The Balaban J connectivity index is 1.52. The second-order valence-electron chi connectivity index (χ2n) is 4.64. The van der Waals surface area contributed by atoms with Crippen LogP contribution in [0.5, 0.6) is 0 Å². The van der Waals surface area contributed by atoms with Crippen LogP contribution in [0, 0.1) is 0 Å². The minimum Gasteiger partial charge on any atom is -0.362 e. The van der Waals surface area contributed by atoms with Crippen molar-refractivity contribution in [3.05, 3.63) is 66.2 Å². The Labute approximate surface area is 136 Å². The fourth-order valence-corrected chi connectivity index (χ4v) is 2.98. The van der Waals surface area contributed by atoms with Crippen LogP contribution in [0.3, 0.4) is 0 Å². The topological polar surface area (TPSA) is 24.1 Å². The number of thioether (sulfide) groups is 1. The first-order valence-electron chi connectivity index (χ1n) is 7.06. The lowest BCUT2D eigenvalue weighted by Gasteiger charge is -2.10. The molecule has 21 heavy (non-hydrogen) atoms. The molecule has 2 aromatic carbocycles. The van der Waals surface area contributed by atoms with Gasteiger partial charge in [0, 0.05) is 18.0 Å². The number of thiocarbonyl (C=S) groups is 1. The highest BCUT2D eigenvalue weighted by atomic mass is 32.2. The van der Waals surface area contributed by atoms with Gasteiger partial charge in [0.15, 0.2) is 5.11 Å². The van der Waals surface area contributed by atoms with E-state index in [1.165, 1.54) is 5.56 Å². The van der Waals surface area contributed by atoms with E-state index < -0.39 is 0 Å². The molecule has 0 bridgehead atoms. The highest BCUT2D eigenvalue weighted by Crippen LogP contribution is 2.12. The number of hydrogen-bond acceptors (Lipinski definition) is 2. The van der Waals surface area contributed by atoms with Crippen molar-refractivity contribution in [1.82, 2.24) is 5.32 Å². The van der Waals surface area contributed by atoms with Gasteiger partial charge in [-0.25, -0.2) is 0 Å². The van der Waals surface area contributed by atoms with Crippen LogP contribution in [0.2, 0.25) is 0 Å². The third-order valence-corrected chi connectivity index (χ3v) is 4.26. The largest absolute Gasteiger partial charge is 0.362 e. The molecule has 0 atom stereocenters. The lowest BCUT2D eigenvalue weighted by molar-refractivity contribution is 0.854. The summed E-state index contributed by atoms with van der Waals surface area (Å²) in [7, 11) is 0. The summed E-state index contributed by atoms with van der Waals surface area (Å²) in [4.78, 5) is 0. The highest BCUT2D eigenvalue weighted by Gasteiger charge is 1.97. The van der Waals surface area contributed by atoms with E-state index in [9.17, 15) is 0 Å². The van der Waals surface area contributed by atoms with Crippen LogP contribution >= 0.6 is 24.0 Å². The van der Waals surface area contributed by atoms with E-state index in [4.69, 9.17) is 12.2 Å². The van der Waals surface area contributed by atoms with Gasteiger partial charge >= 0.3 is 0 Å². The van der Waals surface area contributed by atoms with Gasteiger partial charge < -0.3 is 10.6 Å². The summed E-state index contributed by atoms with van der Waals surface area (Å²) in [5.74, 6) is 2.21. The van der Waals surface area contributed by atoms with Crippen molar-refractivity contribution < 1.29 is 0 Å². The van der Waals surface area contributed by atoms with Crippen LogP contribution in [-0.2, 0) is 5.75 Å². The van der Waals surface area contributed by atoms with E-state index >= 15 is 0 Å². The Morgan fingerprint density at radius 2 is 1.62 bits per heavy atom. The van der Waals surface area contributed by atoms with E-state index in [0.29, 0.717) is 5.11 Å². The lowest BCUT2D eigenvalue weighted by atomic mass is 10.2. The van der Waals surface area contributed by atoms with Gasteiger partial charge in [-0.05, 0) is 42.1 Å². The van der Waals surface area contributed by atoms with E-state index in [0.717, 1.165) is 30.2 Å². The predicted octanol–water partition coefficient (Wildman–Crippen LogP) is 4.30. The average molecular weight is 316 g/mol. The highest BCUT2D eigenvalue weighted by molar-refractivity contribution is 7.98. The zero-order chi connectivity index (χ0) is 14.8. The number of para-hydroxylation sites is 1. The van der Waals surface area contributed by atoms with Crippen molar-refractivity contribution in [2.45, 2.75) is 12.2 Å². The first kappa shape index (κ1) is 15.9. The molecule has 0 aliphatic heterocycles. The maximum atomic E-state index is 5.26. The monoisotopic (exact) mass is 316 g/mol. The van der Waals surface area contributed by atoms with Crippen molar-refractivity contribution in [2.75, 3.05) is 17.6 Å². The fraction of sp³-hybridized carbons (Fsp3) is 0.235. The molecule has 0 spiro atoms. The standard InChI is InChI=1S/C17H20N2S2/c20-17(19-16-10-5-2-6-11-16)18-12-7-13-21-14-15-8-3-1-4-9-15/h1-6,8-11H,7,12-14H2,(H2,18,19,20). The zero-order valence-electron chi connectivity index (χ0n) is 11.9. The second kappa shape index (κ2) is 9.42. The third kappa shape index (κ3) is 6.65. The summed E-state index contributed by atoms with van der Waals surface area (Å²) in [5, 5.41) is 7.10. The molecular weight excluding hydrogens is 296 g/mol. The van der Waals surface area contributed by atoms with Crippen LogP contribution in [0.25, 0.3) is 0 Å². The molecule has 0 saturated heterocycles. The molecule has 0 amide bonds. The molecule has 0 fully saturated rings. The average Bonchev–Trinajstić information content (AvgIpc) is 2.53. The van der Waals surface area contributed by atoms with E-state index in [1.807, 2.05) is 42.1 Å². The molecule has 0 aliphatic rings.